The quantitative estimate of drug-likeness (QED) is 0.699. The molecule has 2 aliphatic rings. The number of rotatable bonds is 6. The second kappa shape index (κ2) is 10.8. The number of hydrogen-bond donors (Lipinski definition) is 1. The maximum atomic E-state index is 13.0. The molecule has 2 fully saturated rings. The number of carbonyl (C=O) groups is 2. The van der Waals surface area contributed by atoms with Gasteiger partial charge in [-0.15, -0.1) is 0 Å². The lowest BCUT2D eigenvalue weighted by molar-refractivity contribution is 0.0641. The molecule has 0 atom stereocenters. The van der Waals surface area contributed by atoms with Gasteiger partial charge in [-0.3, -0.25) is 14.6 Å². The minimum Gasteiger partial charge on any atom is -0.380 e. The maximum absolute atomic E-state index is 13.0. The van der Waals surface area contributed by atoms with Gasteiger partial charge in [0.15, 0.2) is 5.82 Å². The Kier molecular flexibility index (Phi) is 7.62. The molecule has 0 saturated carbocycles. The molecule has 2 aliphatic heterocycles. The van der Waals surface area contributed by atoms with Crippen molar-refractivity contribution in [3.05, 3.63) is 47.9 Å². The van der Waals surface area contributed by atoms with Crippen LogP contribution in [0.4, 0.5) is 11.5 Å². The van der Waals surface area contributed by atoms with Crippen molar-refractivity contribution in [2.24, 2.45) is 0 Å². The lowest BCUT2D eigenvalue weighted by Crippen LogP contribution is -2.49. The van der Waals surface area contributed by atoms with E-state index < -0.39 is 0 Å². The predicted octanol–water partition coefficient (Wildman–Crippen LogP) is 2.04. The van der Waals surface area contributed by atoms with Gasteiger partial charge >= 0.3 is 0 Å². The molecule has 0 aromatic carbocycles. The number of nitrogens with zero attached hydrogens (tertiary/aromatic N) is 6. The van der Waals surface area contributed by atoms with Crippen molar-refractivity contribution in [1.29, 1.82) is 0 Å². The standard InChI is InChI=1S/C25H35N7O2/c1-4-29-10-12-31(13-11-29)24(33)20-7-8-22(27-18-20)25(34)32-16-14-30(15-17-32)23-21(28-19(2)3)6-5-9-26-23/h5-9,18-19,28H,4,10-17H2,1-3H3. The molecule has 0 bridgehead atoms. The Hall–Kier alpha value is -3.20. The van der Waals surface area contributed by atoms with Gasteiger partial charge in [-0.25, -0.2) is 4.98 Å². The summed E-state index contributed by atoms with van der Waals surface area (Å²) in [6.45, 7) is 13.2. The summed E-state index contributed by atoms with van der Waals surface area (Å²) in [7, 11) is 0. The van der Waals surface area contributed by atoms with Gasteiger partial charge in [0.05, 0.1) is 11.3 Å². The first-order chi connectivity index (χ1) is 16.5. The van der Waals surface area contributed by atoms with E-state index in [0.29, 0.717) is 43.5 Å². The highest BCUT2D eigenvalue weighted by Gasteiger charge is 2.26. The van der Waals surface area contributed by atoms with Crippen LogP contribution in [0.1, 0.15) is 41.6 Å². The summed E-state index contributed by atoms with van der Waals surface area (Å²) < 4.78 is 0. The molecule has 9 heteroatoms. The average Bonchev–Trinajstić information content (AvgIpc) is 2.88. The number of aromatic nitrogens is 2. The van der Waals surface area contributed by atoms with Gasteiger partial charge in [-0.1, -0.05) is 6.92 Å². The summed E-state index contributed by atoms with van der Waals surface area (Å²) in [5.74, 6) is 0.804. The van der Waals surface area contributed by atoms with E-state index in [-0.39, 0.29) is 11.8 Å². The van der Waals surface area contributed by atoms with Crippen molar-refractivity contribution in [2.45, 2.75) is 26.8 Å². The van der Waals surface area contributed by atoms with E-state index in [2.05, 4.69) is 45.9 Å². The highest BCUT2D eigenvalue weighted by molar-refractivity contribution is 5.96. The number of hydrogen-bond acceptors (Lipinski definition) is 7. The Balaban J connectivity index is 1.34. The number of anilines is 2. The van der Waals surface area contributed by atoms with Crippen molar-refractivity contribution in [3.63, 3.8) is 0 Å². The SMILES string of the molecule is CCN1CCN(C(=O)c2ccc(C(=O)N3CCN(c4ncccc4NC(C)C)CC3)nc2)CC1. The van der Waals surface area contributed by atoms with E-state index >= 15 is 0 Å². The molecule has 9 nitrogen and oxygen atoms in total. The molecule has 4 heterocycles. The van der Waals surface area contributed by atoms with E-state index in [1.165, 1.54) is 6.20 Å². The van der Waals surface area contributed by atoms with E-state index in [0.717, 1.165) is 44.2 Å². The number of carbonyl (C=O) groups excluding carboxylic acids is 2. The molecule has 4 rings (SSSR count). The largest absolute Gasteiger partial charge is 0.380 e. The molecular formula is C25H35N7O2. The number of nitrogens with one attached hydrogen (secondary N) is 1. The summed E-state index contributed by atoms with van der Waals surface area (Å²) in [5.41, 5.74) is 1.92. The van der Waals surface area contributed by atoms with Crippen LogP contribution in [0.2, 0.25) is 0 Å². The third kappa shape index (κ3) is 5.47. The Bertz CT molecular complexity index is 979. The van der Waals surface area contributed by atoms with Crippen LogP contribution in [0.15, 0.2) is 36.7 Å². The van der Waals surface area contributed by atoms with E-state index in [9.17, 15) is 9.59 Å². The van der Waals surface area contributed by atoms with Crippen LogP contribution in [0.5, 0.6) is 0 Å². The fourth-order valence-corrected chi connectivity index (χ4v) is 4.45. The normalized spacial score (nSPS) is 17.2. The molecule has 1 N–H and O–H groups in total. The zero-order valence-electron chi connectivity index (χ0n) is 20.4. The summed E-state index contributed by atoms with van der Waals surface area (Å²) in [6, 6.07) is 7.68. The van der Waals surface area contributed by atoms with Gasteiger partial charge in [0.25, 0.3) is 11.8 Å². The first-order valence-corrected chi connectivity index (χ1v) is 12.2. The van der Waals surface area contributed by atoms with Gasteiger partial charge in [-0.05, 0) is 44.7 Å². The zero-order valence-corrected chi connectivity index (χ0v) is 20.4. The fraction of sp³-hybridized carbons (Fsp3) is 0.520. The highest BCUT2D eigenvalue weighted by atomic mass is 16.2. The zero-order chi connectivity index (χ0) is 24.1. The van der Waals surface area contributed by atoms with Gasteiger partial charge in [0.1, 0.15) is 5.69 Å². The molecule has 182 valence electrons. The molecule has 2 saturated heterocycles. The molecule has 0 spiro atoms. The van der Waals surface area contributed by atoms with Crippen LogP contribution < -0.4 is 10.2 Å². The number of amides is 2. The van der Waals surface area contributed by atoms with Crippen LogP contribution >= 0.6 is 0 Å². The van der Waals surface area contributed by atoms with E-state index in [4.69, 9.17) is 0 Å². The predicted molar refractivity (Wildman–Crippen MR) is 133 cm³/mol. The number of pyridine rings is 2. The minimum atomic E-state index is -0.100. The van der Waals surface area contributed by atoms with Gasteiger partial charge in [0, 0.05) is 70.8 Å². The third-order valence-corrected chi connectivity index (χ3v) is 6.43. The van der Waals surface area contributed by atoms with Crippen LogP contribution in [0.25, 0.3) is 0 Å². The van der Waals surface area contributed by atoms with E-state index in [1.54, 1.807) is 18.3 Å². The first kappa shape index (κ1) is 23.9. The highest BCUT2D eigenvalue weighted by Crippen LogP contribution is 2.24. The topological polar surface area (TPSA) is 84.9 Å². The monoisotopic (exact) mass is 465 g/mol. The fourth-order valence-electron chi connectivity index (χ4n) is 4.45. The smallest absolute Gasteiger partial charge is 0.272 e. The van der Waals surface area contributed by atoms with Crippen molar-refractivity contribution < 1.29 is 9.59 Å². The molecule has 0 aliphatic carbocycles. The molecule has 2 aromatic heterocycles. The second-order valence-electron chi connectivity index (χ2n) is 9.11. The van der Waals surface area contributed by atoms with E-state index in [1.807, 2.05) is 21.9 Å². The van der Waals surface area contributed by atoms with Crippen molar-refractivity contribution in [3.8, 4) is 0 Å². The summed E-state index contributed by atoms with van der Waals surface area (Å²) in [6.07, 6.45) is 3.34. The summed E-state index contributed by atoms with van der Waals surface area (Å²) >= 11 is 0. The van der Waals surface area contributed by atoms with Gasteiger partial charge in [-0.2, -0.15) is 0 Å². The Morgan fingerprint density at radius 2 is 1.59 bits per heavy atom. The molecule has 2 aromatic rings. The van der Waals surface area contributed by atoms with Crippen LogP contribution in [-0.4, -0.2) is 101 Å². The Labute approximate surface area is 201 Å². The van der Waals surface area contributed by atoms with Crippen LogP contribution in [0.3, 0.4) is 0 Å². The number of likely N-dealkylation sites (N-methyl/N-ethyl adjacent to an activating group) is 1. The first-order valence-electron chi connectivity index (χ1n) is 12.2. The molecule has 0 unspecified atom stereocenters. The van der Waals surface area contributed by atoms with Crippen LogP contribution in [0, 0.1) is 0 Å². The maximum Gasteiger partial charge on any atom is 0.272 e. The third-order valence-electron chi connectivity index (χ3n) is 6.43. The Morgan fingerprint density at radius 3 is 2.21 bits per heavy atom. The minimum absolute atomic E-state index is 0.0166. The molecular weight excluding hydrogens is 430 g/mol. The lowest BCUT2D eigenvalue weighted by Gasteiger charge is -2.36. The van der Waals surface area contributed by atoms with Gasteiger partial charge in [0.2, 0.25) is 0 Å². The second-order valence-corrected chi connectivity index (χ2v) is 9.11. The molecule has 34 heavy (non-hydrogen) atoms. The number of piperazine rings is 2. The molecule has 2 amide bonds. The summed E-state index contributed by atoms with van der Waals surface area (Å²) in [5, 5.41) is 3.45. The lowest BCUT2D eigenvalue weighted by atomic mass is 10.2. The Morgan fingerprint density at radius 1 is 0.912 bits per heavy atom. The summed E-state index contributed by atoms with van der Waals surface area (Å²) in [4.78, 5) is 43.0. The average molecular weight is 466 g/mol. The molecule has 0 radical (unpaired) electrons. The van der Waals surface area contributed by atoms with Crippen LogP contribution in [-0.2, 0) is 0 Å². The van der Waals surface area contributed by atoms with Crippen molar-refractivity contribution in [2.75, 3.05) is 69.1 Å². The van der Waals surface area contributed by atoms with Crippen molar-refractivity contribution in [1.82, 2.24) is 24.7 Å². The van der Waals surface area contributed by atoms with Crippen molar-refractivity contribution >= 4 is 23.3 Å². The van der Waals surface area contributed by atoms with Gasteiger partial charge < -0.3 is 24.9 Å².